The SMILES string of the molecule is Cc1ncccc1Oc1ccc(NC(=O)N2CCc3c2cc(C(F)(F)F)c2c3CCO2)cn1. The molecule has 2 aliphatic heterocycles. The van der Waals surface area contributed by atoms with Gasteiger partial charge in [-0.2, -0.15) is 13.2 Å². The minimum absolute atomic E-state index is 0.104. The topological polar surface area (TPSA) is 76.6 Å². The number of nitrogens with zero attached hydrogens (tertiary/aromatic N) is 3. The van der Waals surface area contributed by atoms with Crippen molar-refractivity contribution in [3.05, 3.63) is 65.1 Å². The Balaban J connectivity index is 1.34. The highest BCUT2D eigenvalue weighted by atomic mass is 19.4. The van der Waals surface area contributed by atoms with Crippen LogP contribution in [-0.4, -0.2) is 29.2 Å². The van der Waals surface area contributed by atoms with Crippen molar-refractivity contribution in [2.24, 2.45) is 0 Å². The van der Waals surface area contributed by atoms with E-state index in [1.54, 1.807) is 30.5 Å². The molecule has 2 aromatic heterocycles. The monoisotopic (exact) mass is 456 g/mol. The lowest BCUT2D eigenvalue weighted by Crippen LogP contribution is -2.33. The van der Waals surface area contributed by atoms with E-state index in [-0.39, 0.29) is 24.6 Å². The fraction of sp³-hybridized carbons (Fsp3) is 0.261. The third kappa shape index (κ3) is 3.92. The van der Waals surface area contributed by atoms with E-state index in [0.717, 1.165) is 11.6 Å². The van der Waals surface area contributed by atoms with E-state index >= 15 is 0 Å². The molecule has 4 heterocycles. The Kier molecular flexibility index (Phi) is 5.07. The number of hydrogen-bond donors (Lipinski definition) is 1. The number of alkyl halides is 3. The van der Waals surface area contributed by atoms with Gasteiger partial charge in [-0.15, -0.1) is 0 Å². The van der Waals surface area contributed by atoms with Gasteiger partial charge in [-0.25, -0.2) is 9.78 Å². The van der Waals surface area contributed by atoms with Gasteiger partial charge in [0.05, 0.1) is 29.7 Å². The Hall–Kier alpha value is -3.82. The first kappa shape index (κ1) is 21.0. The van der Waals surface area contributed by atoms with Crippen LogP contribution in [0.5, 0.6) is 17.4 Å². The quantitative estimate of drug-likeness (QED) is 0.592. The molecule has 0 radical (unpaired) electrons. The number of carbonyl (C=O) groups is 1. The van der Waals surface area contributed by atoms with Crippen molar-refractivity contribution in [2.75, 3.05) is 23.4 Å². The van der Waals surface area contributed by atoms with Crippen molar-refractivity contribution >= 4 is 17.4 Å². The number of anilines is 2. The van der Waals surface area contributed by atoms with Crippen LogP contribution >= 0.6 is 0 Å². The average Bonchev–Trinajstić information content (AvgIpc) is 3.42. The zero-order chi connectivity index (χ0) is 23.2. The first-order valence-corrected chi connectivity index (χ1v) is 10.3. The Morgan fingerprint density at radius 1 is 1.18 bits per heavy atom. The zero-order valence-corrected chi connectivity index (χ0v) is 17.6. The second-order valence-electron chi connectivity index (χ2n) is 7.73. The molecule has 0 aliphatic carbocycles. The second-order valence-corrected chi connectivity index (χ2v) is 7.73. The lowest BCUT2D eigenvalue weighted by Gasteiger charge is -2.21. The zero-order valence-electron chi connectivity index (χ0n) is 17.6. The molecule has 1 N–H and O–H groups in total. The molecule has 10 heteroatoms. The number of aryl methyl sites for hydroxylation is 1. The number of pyridine rings is 2. The summed E-state index contributed by atoms with van der Waals surface area (Å²) in [6.45, 7) is 2.30. The third-order valence-corrected chi connectivity index (χ3v) is 5.66. The van der Waals surface area contributed by atoms with E-state index in [9.17, 15) is 18.0 Å². The van der Waals surface area contributed by atoms with Crippen molar-refractivity contribution in [1.82, 2.24) is 9.97 Å². The first-order chi connectivity index (χ1) is 15.8. The van der Waals surface area contributed by atoms with Gasteiger partial charge in [-0.05, 0) is 43.2 Å². The number of halogens is 3. The normalized spacial score (nSPS) is 14.5. The summed E-state index contributed by atoms with van der Waals surface area (Å²) >= 11 is 0. The maximum absolute atomic E-state index is 13.6. The Bertz CT molecular complexity index is 1230. The molecule has 2 amide bonds. The number of benzene rings is 1. The van der Waals surface area contributed by atoms with Gasteiger partial charge in [0.15, 0.2) is 5.75 Å². The van der Waals surface area contributed by atoms with Crippen LogP contribution in [0.25, 0.3) is 0 Å². The number of carbonyl (C=O) groups excluding carboxylic acids is 1. The Morgan fingerprint density at radius 3 is 2.76 bits per heavy atom. The standard InChI is InChI=1S/C23H19F3N4O3/c1-13-19(3-2-8-27-13)33-20-5-4-14(12-28-20)29-22(31)30-9-6-15-16-7-10-32-21(16)17(11-18(15)30)23(24,25)26/h2-5,8,11-12H,6-7,9-10H2,1H3,(H,29,31). The minimum atomic E-state index is -4.57. The van der Waals surface area contributed by atoms with Gasteiger partial charge in [0, 0.05) is 36.5 Å². The number of nitrogens with one attached hydrogen (secondary N) is 1. The van der Waals surface area contributed by atoms with E-state index in [2.05, 4.69) is 15.3 Å². The van der Waals surface area contributed by atoms with E-state index in [1.807, 2.05) is 6.92 Å². The van der Waals surface area contributed by atoms with E-state index in [1.165, 1.54) is 11.1 Å². The van der Waals surface area contributed by atoms with E-state index < -0.39 is 17.8 Å². The molecule has 2 aliphatic rings. The van der Waals surface area contributed by atoms with Gasteiger partial charge in [-0.3, -0.25) is 9.88 Å². The van der Waals surface area contributed by atoms with Crippen LogP contribution in [0, 0.1) is 6.92 Å². The molecule has 0 bridgehead atoms. The summed E-state index contributed by atoms with van der Waals surface area (Å²) in [5, 5.41) is 2.70. The lowest BCUT2D eigenvalue weighted by molar-refractivity contribution is -0.138. The van der Waals surface area contributed by atoms with Crippen molar-refractivity contribution in [3.63, 3.8) is 0 Å². The number of rotatable bonds is 3. The Morgan fingerprint density at radius 2 is 2.03 bits per heavy atom. The molecule has 0 fully saturated rings. The molecule has 0 unspecified atom stereocenters. The fourth-order valence-electron chi connectivity index (χ4n) is 4.11. The number of aromatic nitrogens is 2. The van der Waals surface area contributed by atoms with Crippen molar-refractivity contribution in [2.45, 2.75) is 25.9 Å². The molecule has 0 spiro atoms. The van der Waals surface area contributed by atoms with Crippen LogP contribution in [0.2, 0.25) is 0 Å². The molecule has 0 saturated carbocycles. The average molecular weight is 456 g/mol. The number of amides is 2. The fourth-order valence-corrected chi connectivity index (χ4v) is 4.11. The molecule has 33 heavy (non-hydrogen) atoms. The predicted molar refractivity (Wildman–Crippen MR) is 114 cm³/mol. The summed E-state index contributed by atoms with van der Waals surface area (Å²) in [7, 11) is 0. The highest BCUT2D eigenvalue weighted by molar-refractivity contribution is 6.03. The number of urea groups is 1. The summed E-state index contributed by atoms with van der Waals surface area (Å²) < 4.78 is 51.7. The van der Waals surface area contributed by atoms with Crippen LogP contribution in [0.1, 0.15) is 22.4 Å². The molecule has 7 nitrogen and oxygen atoms in total. The highest BCUT2D eigenvalue weighted by Gasteiger charge is 2.41. The van der Waals surface area contributed by atoms with Gasteiger partial charge in [-0.1, -0.05) is 0 Å². The number of fused-ring (bicyclic) bond motifs is 3. The summed E-state index contributed by atoms with van der Waals surface area (Å²) in [6, 6.07) is 7.20. The summed E-state index contributed by atoms with van der Waals surface area (Å²) in [6.07, 6.45) is -0.612. The maximum atomic E-state index is 13.6. The highest BCUT2D eigenvalue weighted by Crippen LogP contribution is 2.47. The molecule has 1 aromatic carbocycles. The molecule has 5 rings (SSSR count). The number of ether oxygens (including phenoxy) is 2. The molecule has 170 valence electrons. The molecule has 0 atom stereocenters. The maximum Gasteiger partial charge on any atom is 0.420 e. The lowest BCUT2D eigenvalue weighted by atomic mass is 9.98. The second kappa shape index (κ2) is 7.95. The van der Waals surface area contributed by atoms with Gasteiger partial charge in [0.1, 0.15) is 5.75 Å². The van der Waals surface area contributed by atoms with Crippen LogP contribution in [-0.2, 0) is 19.0 Å². The van der Waals surface area contributed by atoms with Crippen LogP contribution < -0.4 is 19.7 Å². The van der Waals surface area contributed by atoms with Crippen molar-refractivity contribution < 1.29 is 27.4 Å². The minimum Gasteiger partial charge on any atom is -0.492 e. The van der Waals surface area contributed by atoms with Crippen LogP contribution in [0.15, 0.2) is 42.7 Å². The van der Waals surface area contributed by atoms with Gasteiger partial charge in [0.25, 0.3) is 0 Å². The predicted octanol–water partition coefficient (Wildman–Crippen LogP) is 5.13. The molecule has 3 aromatic rings. The van der Waals surface area contributed by atoms with Crippen LogP contribution in [0.4, 0.5) is 29.3 Å². The summed E-state index contributed by atoms with van der Waals surface area (Å²) in [4.78, 5) is 22.5. The van der Waals surface area contributed by atoms with Gasteiger partial charge >= 0.3 is 12.2 Å². The van der Waals surface area contributed by atoms with E-state index in [0.29, 0.717) is 41.4 Å². The van der Waals surface area contributed by atoms with Crippen molar-refractivity contribution in [1.29, 1.82) is 0 Å². The Labute approximate surface area is 187 Å². The smallest absolute Gasteiger partial charge is 0.420 e. The van der Waals surface area contributed by atoms with Gasteiger partial charge in [0.2, 0.25) is 5.88 Å². The summed E-state index contributed by atoms with van der Waals surface area (Å²) in [5.41, 5.74) is 1.80. The van der Waals surface area contributed by atoms with Gasteiger partial charge < -0.3 is 14.8 Å². The first-order valence-electron chi connectivity index (χ1n) is 10.3. The number of hydrogen-bond acceptors (Lipinski definition) is 5. The molecular weight excluding hydrogens is 437 g/mol. The molecular formula is C23H19F3N4O3. The summed E-state index contributed by atoms with van der Waals surface area (Å²) in [5.74, 6) is 0.778. The molecule has 0 saturated heterocycles. The largest absolute Gasteiger partial charge is 0.492 e. The third-order valence-electron chi connectivity index (χ3n) is 5.66. The van der Waals surface area contributed by atoms with Crippen LogP contribution in [0.3, 0.4) is 0 Å². The van der Waals surface area contributed by atoms with E-state index in [4.69, 9.17) is 9.47 Å². The van der Waals surface area contributed by atoms with Crippen molar-refractivity contribution in [3.8, 4) is 17.4 Å².